The molecule has 106 valence electrons. The van der Waals surface area contributed by atoms with Crippen LogP contribution in [0.15, 0.2) is 66.7 Å². The zero-order chi connectivity index (χ0) is 14.3. The third kappa shape index (κ3) is 1.41. The van der Waals surface area contributed by atoms with Crippen LogP contribution in [-0.4, -0.2) is 29.9 Å². The van der Waals surface area contributed by atoms with E-state index in [0.29, 0.717) is 4.31 Å². The van der Waals surface area contributed by atoms with Gasteiger partial charge in [-0.15, -0.1) is 0 Å². The van der Waals surface area contributed by atoms with Crippen LogP contribution in [0.3, 0.4) is 0 Å². The molecule has 22 heavy (non-hydrogen) atoms. The fourth-order valence-corrected chi connectivity index (χ4v) is 12.6. The van der Waals surface area contributed by atoms with Crippen LogP contribution in [0, 0.1) is 0 Å². The van der Waals surface area contributed by atoms with Gasteiger partial charge in [0.2, 0.25) is 0 Å². The molecular weight excluding hydrogens is 398 g/mol. The SMILES string of the molecule is c1ccc2c(c1)C1[Se]C1C1[Se]C21c1cccc2ccccc12. The molecule has 6 rings (SSSR count). The first kappa shape index (κ1) is 12.4. The molecule has 3 aromatic rings. The van der Waals surface area contributed by atoms with Crippen LogP contribution in [-0.2, 0) is 4.31 Å². The Morgan fingerprint density at radius 2 is 1.55 bits per heavy atom. The van der Waals surface area contributed by atoms with Gasteiger partial charge in [-0.3, -0.25) is 0 Å². The van der Waals surface area contributed by atoms with Gasteiger partial charge in [0.25, 0.3) is 0 Å². The van der Waals surface area contributed by atoms with Gasteiger partial charge in [-0.1, -0.05) is 0 Å². The first-order chi connectivity index (χ1) is 10.9. The van der Waals surface area contributed by atoms with E-state index in [4.69, 9.17) is 0 Å². The van der Waals surface area contributed by atoms with Gasteiger partial charge in [0.1, 0.15) is 0 Å². The number of fused-ring (bicyclic) bond motifs is 7. The van der Waals surface area contributed by atoms with Crippen LogP contribution < -0.4 is 0 Å². The number of rotatable bonds is 1. The van der Waals surface area contributed by atoms with Crippen LogP contribution in [0.1, 0.15) is 21.5 Å². The van der Waals surface area contributed by atoms with Crippen LogP contribution in [0.5, 0.6) is 0 Å². The molecule has 2 aliphatic heterocycles. The van der Waals surface area contributed by atoms with Crippen molar-refractivity contribution in [1.82, 2.24) is 0 Å². The van der Waals surface area contributed by atoms with E-state index in [1.165, 1.54) is 10.8 Å². The molecule has 0 bridgehead atoms. The summed E-state index contributed by atoms with van der Waals surface area (Å²) in [7, 11) is 0. The maximum atomic E-state index is 2.43. The minimum atomic E-state index is 0.393. The van der Waals surface area contributed by atoms with Crippen molar-refractivity contribution in [2.45, 2.75) is 18.8 Å². The van der Waals surface area contributed by atoms with Gasteiger partial charge >= 0.3 is 143 Å². The minimum absolute atomic E-state index is 0.393. The van der Waals surface area contributed by atoms with Gasteiger partial charge in [-0.05, 0) is 0 Å². The molecule has 0 N–H and O–H groups in total. The summed E-state index contributed by atoms with van der Waals surface area (Å²) in [6.45, 7) is 0. The Kier molecular flexibility index (Phi) is 2.29. The molecule has 0 nitrogen and oxygen atoms in total. The Labute approximate surface area is 142 Å². The fraction of sp³-hybridized carbons (Fsp3) is 0.200. The summed E-state index contributed by atoms with van der Waals surface area (Å²) in [6.07, 6.45) is 0. The van der Waals surface area contributed by atoms with Crippen molar-refractivity contribution in [2.75, 3.05) is 0 Å². The zero-order valence-corrected chi connectivity index (χ0v) is 15.3. The normalized spacial score (nSPS) is 33.7. The molecule has 0 radical (unpaired) electrons. The van der Waals surface area contributed by atoms with Crippen molar-refractivity contribution in [3.8, 4) is 0 Å². The van der Waals surface area contributed by atoms with E-state index in [9.17, 15) is 0 Å². The molecule has 1 aliphatic carbocycles. The second-order valence-electron chi connectivity index (χ2n) is 6.41. The van der Waals surface area contributed by atoms with E-state index >= 15 is 0 Å². The molecule has 0 spiro atoms. The van der Waals surface area contributed by atoms with Crippen LogP contribution in [0.4, 0.5) is 0 Å². The van der Waals surface area contributed by atoms with Gasteiger partial charge in [0, 0.05) is 0 Å². The summed E-state index contributed by atoms with van der Waals surface area (Å²) < 4.78 is 0.393. The van der Waals surface area contributed by atoms with Crippen molar-refractivity contribution in [3.05, 3.63) is 83.4 Å². The first-order valence-electron chi connectivity index (χ1n) is 7.80. The van der Waals surface area contributed by atoms with Crippen molar-refractivity contribution in [1.29, 1.82) is 0 Å². The van der Waals surface area contributed by atoms with Crippen molar-refractivity contribution in [2.24, 2.45) is 0 Å². The molecular formula is C20H14Se2. The topological polar surface area (TPSA) is 0 Å². The molecule has 4 atom stereocenters. The molecule has 0 aromatic heterocycles. The monoisotopic (exact) mass is 414 g/mol. The van der Waals surface area contributed by atoms with E-state index in [0.717, 1.165) is 44.4 Å². The maximum absolute atomic E-state index is 2.43. The molecule has 2 saturated heterocycles. The fourth-order valence-electron chi connectivity index (χ4n) is 4.28. The summed E-state index contributed by atoms with van der Waals surface area (Å²) in [5.74, 6) is 0. The van der Waals surface area contributed by atoms with E-state index in [1.807, 2.05) is 0 Å². The van der Waals surface area contributed by atoms with Crippen LogP contribution in [0.25, 0.3) is 10.8 Å². The third-order valence-corrected chi connectivity index (χ3v) is 12.7. The molecule has 0 amide bonds. The predicted molar refractivity (Wildman–Crippen MR) is 92.9 cm³/mol. The number of hydrogen-bond acceptors (Lipinski definition) is 0. The molecule has 2 heteroatoms. The molecule has 0 saturated carbocycles. The van der Waals surface area contributed by atoms with E-state index < -0.39 is 0 Å². The van der Waals surface area contributed by atoms with Gasteiger partial charge in [0.05, 0.1) is 0 Å². The van der Waals surface area contributed by atoms with Crippen molar-refractivity contribution >= 4 is 40.7 Å². The Morgan fingerprint density at radius 1 is 0.773 bits per heavy atom. The van der Waals surface area contributed by atoms with Gasteiger partial charge in [0.15, 0.2) is 0 Å². The second kappa shape index (κ2) is 4.07. The van der Waals surface area contributed by atoms with Crippen LogP contribution >= 0.6 is 0 Å². The Balaban J connectivity index is 1.68. The van der Waals surface area contributed by atoms with E-state index in [2.05, 4.69) is 66.7 Å². The number of benzene rings is 3. The summed E-state index contributed by atoms with van der Waals surface area (Å²) in [4.78, 5) is 2.97. The zero-order valence-electron chi connectivity index (χ0n) is 11.9. The molecule has 2 fully saturated rings. The van der Waals surface area contributed by atoms with Crippen molar-refractivity contribution in [3.63, 3.8) is 0 Å². The first-order valence-corrected chi connectivity index (χ1v) is 11.6. The third-order valence-electron chi connectivity index (χ3n) is 5.34. The van der Waals surface area contributed by atoms with Gasteiger partial charge in [-0.2, -0.15) is 0 Å². The second-order valence-corrected chi connectivity index (χ2v) is 12.1. The molecule has 4 unspecified atom stereocenters. The van der Waals surface area contributed by atoms with Crippen molar-refractivity contribution < 1.29 is 0 Å². The molecule has 3 aliphatic rings. The quantitative estimate of drug-likeness (QED) is 0.527. The Morgan fingerprint density at radius 3 is 2.55 bits per heavy atom. The van der Waals surface area contributed by atoms with E-state index in [1.54, 1.807) is 16.7 Å². The Hall–Kier alpha value is -1.04. The van der Waals surface area contributed by atoms with Gasteiger partial charge < -0.3 is 0 Å². The standard InChI is InChI=1S/C20H14Se2/c1-2-8-13-12(6-1)7-5-11-15(13)20-16-10-4-3-9-14(16)17-18(21-17)19(20)22-20/h1-11,17-19H. The van der Waals surface area contributed by atoms with Crippen LogP contribution in [0.2, 0.25) is 9.63 Å². The average molecular weight is 412 g/mol. The Bertz CT molecular complexity index is 926. The average Bonchev–Trinajstić information content (AvgIpc) is 3.46. The predicted octanol–water partition coefficient (Wildman–Crippen LogP) is 4.15. The van der Waals surface area contributed by atoms with Gasteiger partial charge in [-0.25, -0.2) is 0 Å². The summed E-state index contributed by atoms with van der Waals surface area (Å²) in [5, 5.41) is 2.88. The summed E-state index contributed by atoms with van der Waals surface area (Å²) in [5.41, 5.74) is 4.98. The number of hydrogen-bond donors (Lipinski definition) is 0. The molecule has 3 aromatic carbocycles. The summed E-state index contributed by atoms with van der Waals surface area (Å²) >= 11 is 1.61. The van der Waals surface area contributed by atoms with E-state index in [-0.39, 0.29) is 0 Å². The molecule has 2 heterocycles. The summed E-state index contributed by atoms with van der Waals surface area (Å²) in [6, 6.07) is 25.3.